The Morgan fingerprint density at radius 1 is 0.966 bits per heavy atom. The summed E-state index contributed by atoms with van der Waals surface area (Å²) in [5, 5.41) is 2.24. The predicted octanol–water partition coefficient (Wildman–Crippen LogP) is 1.81. The molecule has 29 heavy (non-hydrogen) atoms. The van der Waals surface area contributed by atoms with Gasteiger partial charge in [0.05, 0.1) is 10.9 Å². The number of hydrogen-bond donors (Lipinski definition) is 1. The van der Waals surface area contributed by atoms with Crippen molar-refractivity contribution in [2.24, 2.45) is 0 Å². The molecule has 0 unspecified atom stereocenters. The van der Waals surface area contributed by atoms with E-state index in [1.54, 1.807) is 0 Å². The summed E-state index contributed by atoms with van der Waals surface area (Å²) in [6, 6.07) is 10.5. The Balaban J connectivity index is 0.000000328. The number of pyridine rings is 1. The molecule has 1 aromatic heterocycles. The van der Waals surface area contributed by atoms with Crippen LogP contribution in [-0.2, 0) is 23.4 Å². The molecule has 0 spiro atoms. The fourth-order valence-electron chi connectivity index (χ4n) is 3.81. The van der Waals surface area contributed by atoms with Crippen molar-refractivity contribution in [1.82, 2.24) is 0 Å². The fourth-order valence-corrected chi connectivity index (χ4v) is 3.81. The summed E-state index contributed by atoms with van der Waals surface area (Å²) in [4.78, 5) is 0. The molecular formula is C19H15NO8S. The van der Waals surface area contributed by atoms with E-state index in [0.29, 0.717) is 13.6 Å². The average molecular weight is 417 g/mol. The minimum atomic E-state index is -4.92. The molecule has 0 bridgehead atoms. The molecule has 3 aliphatic rings. The van der Waals surface area contributed by atoms with Crippen molar-refractivity contribution in [3.63, 3.8) is 0 Å². The highest BCUT2D eigenvalue weighted by Gasteiger charge is 2.29. The third-order valence-electron chi connectivity index (χ3n) is 4.99. The summed E-state index contributed by atoms with van der Waals surface area (Å²) in [6.07, 6.45) is 3.15. The number of fused-ring (bicyclic) bond motifs is 7. The Kier molecular flexibility index (Phi) is 4.02. The van der Waals surface area contributed by atoms with Gasteiger partial charge >= 0.3 is 0 Å². The minimum Gasteiger partial charge on any atom is -0.726 e. The zero-order valence-electron chi connectivity index (χ0n) is 15.0. The number of nitrogens with zero attached hydrogens (tertiary/aromatic N) is 1. The number of rotatable bonds is 0. The smallest absolute Gasteiger partial charge is 0.231 e. The summed E-state index contributed by atoms with van der Waals surface area (Å²) in [5.41, 5.74) is 3.71. The molecule has 4 heterocycles. The maximum absolute atomic E-state index is 8.63. The van der Waals surface area contributed by atoms with E-state index in [9.17, 15) is 0 Å². The van der Waals surface area contributed by atoms with Crippen LogP contribution < -0.4 is 23.5 Å². The number of benzene rings is 2. The van der Waals surface area contributed by atoms with Crippen molar-refractivity contribution in [3.05, 3.63) is 42.1 Å². The second-order valence-electron chi connectivity index (χ2n) is 6.69. The van der Waals surface area contributed by atoms with Crippen LogP contribution in [0.15, 0.2) is 36.5 Å². The van der Waals surface area contributed by atoms with Crippen LogP contribution in [0.3, 0.4) is 0 Å². The third-order valence-corrected chi connectivity index (χ3v) is 4.99. The number of hydrogen-bond acceptors (Lipinski definition) is 7. The predicted molar refractivity (Wildman–Crippen MR) is 97.9 cm³/mol. The lowest BCUT2D eigenvalue weighted by Gasteiger charge is -2.16. The molecule has 0 amide bonds. The van der Waals surface area contributed by atoms with Gasteiger partial charge in [0, 0.05) is 12.5 Å². The molecule has 3 aromatic rings. The maximum Gasteiger partial charge on any atom is 0.231 e. The highest BCUT2D eigenvalue weighted by atomic mass is 32.3. The van der Waals surface area contributed by atoms with Crippen molar-refractivity contribution in [2.75, 3.05) is 13.6 Å². The highest BCUT2D eigenvalue weighted by Crippen LogP contribution is 2.42. The summed E-state index contributed by atoms with van der Waals surface area (Å²) in [6.45, 7) is 1.53. The molecule has 0 radical (unpaired) electrons. The molecule has 10 heteroatoms. The van der Waals surface area contributed by atoms with Gasteiger partial charge in [-0.1, -0.05) is 0 Å². The van der Waals surface area contributed by atoms with E-state index in [1.807, 2.05) is 6.07 Å². The second-order valence-corrected chi connectivity index (χ2v) is 7.55. The molecule has 150 valence electrons. The van der Waals surface area contributed by atoms with Crippen LogP contribution in [-0.4, -0.2) is 31.1 Å². The third kappa shape index (κ3) is 3.31. The topological polar surface area (TPSA) is 118 Å². The zero-order valence-corrected chi connectivity index (χ0v) is 15.8. The van der Waals surface area contributed by atoms with E-state index in [0.717, 1.165) is 46.7 Å². The highest BCUT2D eigenvalue weighted by molar-refractivity contribution is 7.79. The van der Waals surface area contributed by atoms with Gasteiger partial charge in [-0.3, -0.25) is 4.55 Å². The van der Waals surface area contributed by atoms with Crippen molar-refractivity contribution in [3.8, 4) is 34.3 Å². The normalized spacial score (nSPS) is 15.4. The second kappa shape index (κ2) is 6.48. The van der Waals surface area contributed by atoms with Crippen LogP contribution in [0.2, 0.25) is 0 Å². The van der Waals surface area contributed by atoms with Crippen LogP contribution in [0.25, 0.3) is 22.0 Å². The van der Waals surface area contributed by atoms with Crippen molar-refractivity contribution >= 4 is 21.2 Å². The van der Waals surface area contributed by atoms with Gasteiger partial charge in [-0.15, -0.1) is 0 Å². The lowest BCUT2D eigenvalue weighted by molar-refractivity contribution is -0.686. The quantitative estimate of drug-likeness (QED) is 0.334. The first-order chi connectivity index (χ1) is 13.9. The van der Waals surface area contributed by atoms with Gasteiger partial charge in [0.15, 0.2) is 35.7 Å². The minimum absolute atomic E-state index is 0.294. The molecule has 0 fully saturated rings. The lowest BCUT2D eigenvalue weighted by atomic mass is 9.95. The van der Waals surface area contributed by atoms with E-state index < -0.39 is 10.4 Å². The number of aryl methyl sites for hydroxylation is 2. The molecule has 0 atom stereocenters. The molecule has 0 aliphatic carbocycles. The molecule has 2 aromatic carbocycles. The first-order valence-corrected chi connectivity index (χ1v) is 10.1. The molecular weight excluding hydrogens is 402 g/mol. The largest absolute Gasteiger partial charge is 0.726 e. The van der Waals surface area contributed by atoms with Crippen LogP contribution in [0.1, 0.15) is 5.56 Å². The van der Waals surface area contributed by atoms with Gasteiger partial charge < -0.3 is 23.5 Å². The maximum atomic E-state index is 8.63. The fraction of sp³-hybridized carbons (Fsp3) is 0.211. The van der Waals surface area contributed by atoms with Crippen LogP contribution in [0.4, 0.5) is 0 Å². The first kappa shape index (κ1) is 18.0. The van der Waals surface area contributed by atoms with Gasteiger partial charge in [-0.25, -0.2) is 8.42 Å². The SMILES string of the molecule is O=S(=O)([O-])O.c1c2c(cc3c1OCO3)-c1cc3ccc4c(c3c[n+]1CC2)OCO4. The van der Waals surface area contributed by atoms with E-state index in [2.05, 4.69) is 35.0 Å². The number of ether oxygens (including phenoxy) is 4. The van der Waals surface area contributed by atoms with Gasteiger partial charge in [0.1, 0.15) is 0 Å². The number of aromatic nitrogens is 1. The van der Waals surface area contributed by atoms with Crippen molar-refractivity contribution < 1.29 is 41.0 Å². The van der Waals surface area contributed by atoms with Crippen LogP contribution in [0, 0.1) is 0 Å². The zero-order chi connectivity index (χ0) is 20.2. The first-order valence-electron chi connectivity index (χ1n) is 8.74. The molecule has 6 rings (SSSR count). The van der Waals surface area contributed by atoms with E-state index in [1.165, 1.54) is 16.8 Å². The monoisotopic (exact) mass is 417 g/mol. The van der Waals surface area contributed by atoms with E-state index in [-0.39, 0.29) is 0 Å². The Hall–Kier alpha value is -3.08. The Labute approximate surface area is 165 Å². The molecule has 0 saturated heterocycles. The molecule has 1 N–H and O–H groups in total. The lowest BCUT2D eigenvalue weighted by Crippen LogP contribution is -2.40. The average Bonchev–Trinajstić information content (AvgIpc) is 3.32. The summed E-state index contributed by atoms with van der Waals surface area (Å²) < 4.78 is 57.3. The summed E-state index contributed by atoms with van der Waals surface area (Å²) in [5.74, 6) is 3.35. The van der Waals surface area contributed by atoms with Crippen LogP contribution in [0.5, 0.6) is 23.0 Å². The molecule has 0 saturated carbocycles. The van der Waals surface area contributed by atoms with Crippen molar-refractivity contribution in [1.29, 1.82) is 0 Å². The Morgan fingerprint density at radius 2 is 1.66 bits per heavy atom. The molecule has 3 aliphatic heterocycles. The van der Waals surface area contributed by atoms with Gasteiger partial charge in [0.25, 0.3) is 0 Å². The van der Waals surface area contributed by atoms with E-state index in [4.69, 9.17) is 36.5 Å². The van der Waals surface area contributed by atoms with Gasteiger partial charge in [-0.2, -0.15) is 4.57 Å². The molecule has 9 nitrogen and oxygen atoms in total. The summed E-state index contributed by atoms with van der Waals surface area (Å²) in [7, 11) is -4.92. The standard InChI is InChI=1S/C19H14NO4.H2O4S/c1-2-16-19(24-10-21-16)14-8-20-4-3-12-6-17-18(23-9-22-17)7-13(12)15(20)5-11(1)14;1-5(2,3)4/h1-2,5-8H,3-4,9-10H2;(H2,1,2,3,4)/q+1;/p-1. The van der Waals surface area contributed by atoms with E-state index >= 15 is 0 Å². The van der Waals surface area contributed by atoms with Crippen molar-refractivity contribution in [2.45, 2.75) is 13.0 Å². The van der Waals surface area contributed by atoms with Gasteiger partial charge in [-0.05, 0) is 35.2 Å². The Bertz CT molecular complexity index is 1250. The Morgan fingerprint density at radius 3 is 2.45 bits per heavy atom. The summed E-state index contributed by atoms with van der Waals surface area (Å²) >= 11 is 0. The van der Waals surface area contributed by atoms with Crippen LogP contribution >= 0.6 is 0 Å². The van der Waals surface area contributed by atoms with Gasteiger partial charge in [0.2, 0.25) is 29.7 Å².